The maximum absolute atomic E-state index is 12.2. The second-order valence-electron chi connectivity index (χ2n) is 8.48. The van der Waals surface area contributed by atoms with Gasteiger partial charge in [0.2, 0.25) is 0 Å². The molecule has 2 aromatic carbocycles. The molecule has 3 rings (SSSR count). The summed E-state index contributed by atoms with van der Waals surface area (Å²) < 4.78 is 11.3. The average molecular weight is 400 g/mol. The summed E-state index contributed by atoms with van der Waals surface area (Å²) in [5, 5.41) is 8.81. The van der Waals surface area contributed by atoms with Gasteiger partial charge in [-0.25, -0.2) is 0 Å². The van der Waals surface area contributed by atoms with E-state index in [0.717, 1.165) is 56.1 Å². The van der Waals surface area contributed by atoms with E-state index in [2.05, 4.69) is 27.7 Å². The minimum absolute atomic E-state index is 0.0103. The normalized spacial score (nSPS) is 15.4. The first-order chi connectivity index (χ1) is 13.9. The van der Waals surface area contributed by atoms with Gasteiger partial charge in [0.05, 0.1) is 13.2 Å². The zero-order valence-electron chi connectivity index (χ0n) is 17.8. The Morgan fingerprint density at radius 2 is 1.90 bits per heavy atom. The standard InChI is InChI=1S/C23H33N3O3/c1-23(2,3)25-22(27)17-29-21-9-8-18-6-4-5-7-19(18)20(21)16-24-10-11-26-12-14-28-15-13-26/h4-9,24H,10-17H2,1-3H3,(H,25,27). The van der Waals surface area contributed by atoms with E-state index in [0.29, 0.717) is 6.54 Å². The van der Waals surface area contributed by atoms with Crippen molar-refractivity contribution in [3.8, 4) is 5.75 Å². The minimum Gasteiger partial charge on any atom is -0.483 e. The summed E-state index contributed by atoms with van der Waals surface area (Å²) in [6, 6.07) is 12.3. The first-order valence-electron chi connectivity index (χ1n) is 10.4. The van der Waals surface area contributed by atoms with E-state index in [9.17, 15) is 4.79 Å². The number of nitrogens with zero attached hydrogens (tertiary/aromatic N) is 1. The van der Waals surface area contributed by atoms with Crippen molar-refractivity contribution in [3.63, 3.8) is 0 Å². The molecular weight excluding hydrogens is 366 g/mol. The van der Waals surface area contributed by atoms with Crippen molar-refractivity contribution < 1.29 is 14.3 Å². The van der Waals surface area contributed by atoms with Gasteiger partial charge in [-0.05, 0) is 37.6 Å². The number of nitrogens with one attached hydrogen (secondary N) is 2. The van der Waals surface area contributed by atoms with Gasteiger partial charge in [0.25, 0.3) is 5.91 Å². The van der Waals surface area contributed by atoms with Gasteiger partial charge >= 0.3 is 0 Å². The highest BCUT2D eigenvalue weighted by atomic mass is 16.5. The molecule has 0 atom stereocenters. The Hall–Kier alpha value is -2.15. The summed E-state index contributed by atoms with van der Waals surface area (Å²) >= 11 is 0. The SMILES string of the molecule is CC(C)(C)NC(=O)COc1ccc2ccccc2c1CNCCN1CCOCC1. The lowest BCUT2D eigenvalue weighted by Crippen LogP contribution is -2.43. The predicted molar refractivity (Wildman–Crippen MR) is 116 cm³/mol. The average Bonchev–Trinajstić information content (AvgIpc) is 2.69. The lowest BCUT2D eigenvalue weighted by atomic mass is 10.0. The van der Waals surface area contributed by atoms with Gasteiger partial charge in [0.15, 0.2) is 6.61 Å². The van der Waals surface area contributed by atoms with Crippen LogP contribution in [0.4, 0.5) is 0 Å². The summed E-state index contributed by atoms with van der Waals surface area (Å²) in [4.78, 5) is 14.6. The molecule has 1 heterocycles. The fraction of sp³-hybridized carbons (Fsp3) is 0.522. The number of benzene rings is 2. The lowest BCUT2D eigenvalue weighted by Gasteiger charge is -2.26. The Morgan fingerprint density at radius 1 is 1.14 bits per heavy atom. The fourth-order valence-corrected chi connectivity index (χ4v) is 3.51. The fourth-order valence-electron chi connectivity index (χ4n) is 3.51. The molecule has 0 saturated carbocycles. The number of ether oxygens (including phenoxy) is 2. The summed E-state index contributed by atoms with van der Waals surface area (Å²) in [7, 11) is 0. The Labute approximate surface area is 173 Å². The quantitative estimate of drug-likeness (QED) is 0.668. The van der Waals surface area contributed by atoms with Crippen LogP contribution < -0.4 is 15.4 Å². The maximum atomic E-state index is 12.2. The third-order valence-corrected chi connectivity index (χ3v) is 4.88. The molecule has 6 heteroatoms. The highest BCUT2D eigenvalue weighted by Crippen LogP contribution is 2.28. The molecule has 1 aliphatic rings. The molecule has 1 saturated heterocycles. The van der Waals surface area contributed by atoms with Crippen LogP contribution in [0.2, 0.25) is 0 Å². The van der Waals surface area contributed by atoms with Crippen LogP contribution in [0.3, 0.4) is 0 Å². The summed E-state index contributed by atoms with van der Waals surface area (Å²) in [6.45, 7) is 12.1. The number of rotatable bonds is 8. The minimum atomic E-state index is -0.270. The van der Waals surface area contributed by atoms with Gasteiger partial charge in [-0.1, -0.05) is 30.3 Å². The predicted octanol–water partition coefficient (Wildman–Crippen LogP) is 2.56. The van der Waals surface area contributed by atoms with Crippen LogP contribution in [-0.4, -0.2) is 62.3 Å². The number of fused-ring (bicyclic) bond motifs is 1. The van der Waals surface area contributed by atoms with Gasteiger partial charge in [-0.2, -0.15) is 0 Å². The topological polar surface area (TPSA) is 62.8 Å². The molecule has 0 spiro atoms. The van der Waals surface area contributed by atoms with E-state index in [1.165, 1.54) is 5.39 Å². The largest absolute Gasteiger partial charge is 0.483 e. The highest BCUT2D eigenvalue weighted by molar-refractivity contribution is 5.88. The Balaban J connectivity index is 1.64. The third-order valence-electron chi connectivity index (χ3n) is 4.88. The molecule has 29 heavy (non-hydrogen) atoms. The molecule has 0 aliphatic carbocycles. The molecule has 0 bridgehead atoms. The van der Waals surface area contributed by atoms with Crippen LogP contribution in [-0.2, 0) is 16.1 Å². The van der Waals surface area contributed by atoms with Crippen molar-refractivity contribution in [1.29, 1.82) is 0 Å². The summed E-state index contributed by atoms with van der Waals surface area (Å²) in [5.74, 6) is 0.642. The Kier molecular flexibility index (Phi) is 7.47. The molecule has 1 amide bonds. The smallest absolute Gasteiger partial charge is 0.258 e. The van der Waals surface area contributed by atoms with E-state index < -0.39 is 0 Å². The zero-order chi connectivity index (χ0) is 20.7. The zero-order valence-corrected chi connectivity index (χ0v) is 17.8. The third kappa shape index (κ3) is 6.70. The van der Waals surface area contributed by atoms with Crippen LogP contribution in [0.1, 0.15) is 26.3 Å². The molecule has 1 aliphatic heterocycles. The number of carbonyl (C=O) groups is 1. The first kappa shape index (κ1) is 21.6. The molecule has 158 valence electrons. The van der Waals surface area contributed by atoms with Crippen LogP contribution in [0.5, 0.6) is 5.75 Å². The Bertz CT molecular complexity index is 811. The van der Waals surface area contributed by atoms with E-state index in [1.54, 1.807) is 0 Å². The molecule has 6 nitrogen and oxygen atoms in total. The van der Waals surface area contributed by atoms with Crippen molar-refractivity contribution in [2.24, 2.45) is 0 Å². The highest BCUT2D eigenvalue weighted by Gasteiger charge is 2.16. The molecule has 0 unspecified atom stereocenters. The van der Waals surface area contributed by atoms with E-state index in [4.69, 9.17) is 9.47 Å². The summed E-state index contributed by atoms with van der Waals surface area (Å²) in [6.07, 6.45) is 0. The first-order valence-corrected chi connectivity index (χ1v) is 10.4. The van der Waals surface area contributed by atoms with Crippen LogP contribution in [0, 0.1) is 0 Å². The lowest BCUT2D eigenvalue weighted by molar-refractivity contribution is -0.124. The van der Waals surface area contributed by atoms with Gasteiger partial charge in [-0.15, -0.1) is 0 Å². The van der Waals surface area contributed by atoms with Gasteiger partial charge in [-0.3, -0.25) is 9.69 Å². The molecular formula is C23H33N3O3. The van der Waals surface area contributed by atoms with Crippen molar-refractivity contribution >= 4 is 16.7 Å². The molecule has 1 fully saturated rings. The van der Waals surface area contributed by atoms with E-state index in [1.807, 2.05) is 45.0 Å². The molecule has 2 N–H and O–H groups in total. The number of hydrogen-bond donors (Lipinski definition) is 2. The van der Waals surface area contributed by atoms with Crippen molar-refractivity contribution in [3.05, 3.63) is 42.0 Å². The summed E-state index contributed by atoms with van der Waals surface area (Å²) in [5.41, 5.74) is 0.821. The second kappa shape index (κ2) is 10.1. The van der Waals surface area contributed by atoms with Crippen molar-refractivity contribution in [2.75, 3.05) is 46.0 Å². The second-order valence-corrected chi connectivity index (χ2v) is 8.48. The van der Waals surface area contributed by atoms with E-state index >= 15 is 0 Å². The van der Waals surface area contributed by atoms with Crippen LogP contribution in [0.15, 0.2) is 36.4 Å². The van der Waals surface area contributed by atoms with Gasteiger partial charge in [0, 0.05) is 43.8 Å². The van der Waals surface area contributed by atoms with Crippen LogP contribution >= 0.6 is 0 Å². The molecule has 0 radical (unpaired) electrons. The van der Waals surface area contributed by atoms with Crippen LogP contribution in [0.25, 0.3) is 10.8 Å². The molecule has 0 aromatic heterocycles. The maximum Gasteiger partial charge on any atom is 0.258 e. The van der Waals surface area contributed by atoms with Crippen molar-refractivity contribution in [2.45, 2.75) is 32.9 Å². The number of morpholine rings is 1. The van der Waals surface area contributed by atoms with Gasteiger partial charge in [0.1, 0.15) is 5.75 Å². The monoisotopic (exact) mass is 399 g/mol. The molecule has 2 aromatic rings. The van der Waals surface area contributed by atoms with Gasteiger partial charge < -0.3 is 20.1 Å². The number of amides is 1. The number of carbonyl (C=O) groups excluding carboxylic acids is 1. The van der Waals surface area contributed by atoms with E-state index in [-0.39, 0.29) is 18.1 Å². The Morgan fingerprint density at radius 3 is 2.66 bits per heavy atom. The van der Waals surface area contributed by atoms with Crippen molar-refractivity contribution in [1.82, 2.24) is 15.5 Å². The number of hydrogen-bond acceptors (Lipinski definition) is 5.